The van der Waals surface area contributed by atoms with Gasteiger partial charge in [-0.25, -0.2) is 0 Å². The standard InChI is InChI=1S/C17H23N3O2S2/c1-9(2)18-15(21)11(4)23-17-20-19-16(22-17)14-8-12-7-10(3)5-6-13(12)24-14/h8-11H,5-7H2,1-4H3,(H,18,21)/t10-,11-/m1/s1. The molecule has 1 N–H and O–H groups in total. The third-order valence-electron chi connectivity index (χ3n) is 4.02. The second kappa shape index (κ2) is 7.27. The molecule has 130 valence electrons. The largest absolute Gasteiger partial charge is 0.410 e. The number of carbonyl (C=O) groups is 1. The van der Waals surface area contributed by atoms with Crippen molar-refractivity contribution in [1.29, 1.82) is 0 Å². The van der Waals surface area contributed by atoms with Gasteiger partial charge in [-0.15, -0.1) is 21.5 Å². The van der Waals surface area contributed by atoms with Crippen LogP contribution in [-0.2, 0) is 17.6 Å². The zero-order valence-corrected chi connectivity index (χ0v) is 16.1. The van der Waals surface area contributed by atoms with E-state index in [0.717, 1.165) is 23.6 Å². The lowest BCUT2D eigenvalue weighted by atomic mass is 9.90. The van der Waals surface area contributed by atoms with Crippen LogP contribution in [0.15, 0.2) is 15.7 Å². The molecule has 0 saturated carbocycles. The Labute approximate surface area is 150 Å². The van der Waals surface area contributed by atoms with Gasteiger partial charge < -0.3 is 9.73 Å². The Morgan fingerprint density at radius 1 is 1.42 bits per heavy atom. The monoisotopic (exact) mass is 365 g/mol. The summed E-state index contributed by atoms with van der Waals surface area (Å²) in [7, 11) is 0. The maximum atomic E-state index is 12.0. The van der Waals surface area contributed by atoms with E-state index in [2.05, 4.69) is 28.5 Å². The van der Waals surface area contributed by atoms with Gasteiger partial charge in [-0.3, -0.25) is 4.79 Å². The van der Waals surface area contributed by atoms with Crippen molar-refractivity contribution < 1.29 is 9.21 Å². The lowest BCUT2D eigenvalue weighted by molar-refractivity contribution is -0.120. The quantitative estimate of drug-likeness (QED) is 0.813. The first-order chi connectivity index (χ1) is 11.4. The first-order valence-electron chi connectivity index (χ1n) is 8.35. The Hall–Kier alpha value is -1.34. The van der Waals surface area contributed by atoms with E-state index in [4.69, 9.17) is 4.42 Å². The fraction of sp³-hybridized carbons (Fsp3) is 0.588. The molecule has 7 heteroatoms. The number of thioether (sulfide) groups is 1. The van der Waals surface area contributed by atoms with Crippen molar-refractivity contribution in [3.05, 3.63) is 16.5 Å². The molecule has 0 bridgehead atoms. The van der Waals surface area contributed by atoms with Crippen molar-refractivity contribution in [2.24, 2.45) is 5.92 Å². The fourth-order valence-electron chi connectivity index (χ4n) is 2.77. The summed E-state index contributed by atoms with van der Waals surface area (Å²) in [5.74, 6) is 1.28. The molecule has 1 aliphatic carbocycles. The van der Waals surface area contributed by atoms with Gasteiger partial charge in [-0.2, -0.15) is 0 Å². The second-order valence-corrected chi connectivity index (χ2v) is 9.13. The third kappa shape index (κ3) is 4.00. The van der Waals surface area contributed by atoms with E-state index in [-0.39, 0.29) is 17.2 Å². The number of hydrogen-bond acceptors (Lipinski definition) is 6. The van der Waals surface area contributed by atoms with Crippen LogP contribution < -0.4 is 5.32 Å². The highest BCUT2D eigenvalue weighted by molar-refractivity contribution is 8.00. The van der Waals surface area contributed by atoms with Gasteiger partial charge in [0, 0.05) is 10.9 Å². The number of fused-ring (bicyclic) bond motifs is 1. The number of rotatable bonds is 5. The maximum absolute atomic E-state index is 12.0. The molecule has 0 spiro atoms. The zero-order chi connectivity index (χ0) is 17.3. The van der Waals surface area contributed by atoms with Gasteiger partial charge in [-0.1, -0.05) is 18.7 Å². The van der Waals surface area contributed by atoms with Crippen LogP contribution in [0.4, 0.5) is 0 Å². The number of aryl methyl sites for hydroxylation is 1. The van der Waals surface area contributed by atoms with Crippen molar-refractivity contribution in [2.45, 2.75) is 63.5 Å². The summed E-state index contributed by atoms with van der Waals surface area (Å²) in [5, 5.41) is 11.3. The van der Waals surface area contributed by atoms with Gasteiger partial charge >= 0.3 is 0 Å². The maximum Gasteiger partial charge on any atom is 0.277 e. The Balaban J connectivity index is 1.69. The Bertz CT molecular complexity index is 723. The minimum absolute atomic E-state index is 0.0182. The molecule has 2 aromatic heterocycles. The van der Waals surface area contributed by atoms with Crippen LogP contribution in [0.2, 0.25) is 0 Å². The van der Waals surface area contributed by atoms with Crippen LogP contribution in [-0.4, -0.2) is 27.4 Å². The molecule has 0 aliphatic heterocycles. The number of amides is 1. The van der Waals surface area contributed by atoms with Crippen molar-refractivity contribution in [3.63, 3.8) is 0 Å². The number of hydrogen-bond donors (Lipinski definition) is 1. The molecule has 5 nitrogen and oxygen atoms in total. The summed E-state index contributed by atoms with van der Waals surface area (Å²) in [6.45, 7) is 8.03. The Morgan fingerprint density at radius 3 is 2.96 bits per heavy atom. The predicted octanol–water partition coefficient (Wildman–Crippen LogP) is 3.93. The summed E-state index contributed by atoms with van der Waals surface area (Å²) in [5.41, 5.74) is 1.42. The van der Waals surface area contributed by atoms with Crippen LogP contribution in [0.5, 0.6) is 0 Å². The SMILES string of the molecule is CC(C)NC(=O)[C@@H](C)Sc1nnc(-c2cc3c(s2)CC[C@@H](C)C3)o1. The molecule has 1 aliphatic rings. The van der Waals surface area contributed by atoms with E-state index in [1.54, 1.807) is 11.3 Å². The van der Waals surface area contributed by atoms with Gasteiger partial charge in [0.15, 0.2) is 0 Å². The Morgan fingerprint density at radius 2 is 2.21 bits per heavy atom. The molecular weight excluding hydrogens is 342 g/mol. The molecule has 24 heavy (non-hydrogen) atoms. The summed E-state index contributed by atoms with van der Waals surface area (Å²) in [6.07, 6.45) is 3.53. The molecule has 0 radical (unpaired) electrons. The van der Waals surface area contributed by atoms with Crippen LogP contribution in [0, 0.1) is 5.92 Å². The molecule has 2 heterocycles. The van der Waals surface area contributed by atoms with Gasteiger partial charge in [0.25, 0.3) is 11.1 Å². The molecule has 0 aromatic carbocycles. The van der Waals surface area contributed by atoms with E-state index >= 15 is 0 Å². The predicted molar refractivity (Wildman–Crippen MR) is 97.4 cm³/mol. The number of nitrogens with one attached hydrogen (secondary N) is 1. The highest BCUT2D eigenvalue weighted by Gasteiger charge is 2.22. The lowest BCUT2D eigenvalue weighted by Crippen LogP contribution is -2.35. The zero-order valence-electron chi connectivity index (χ0n) is 14.5. The smallest absolute Gasteiger partial charge is 0.277 e. The van der Waals surface area contributed by atoms with Crippen LogP contribution >= 0.6 is 23.1 Å². The fourth-order valence-corrected chi connectivity index (χ4v) is 4.60. The van der Waals surface area contributed by atoms with Gasteiger partial charge in [0.05, 0.1) is 10.1 Å². The number of nitrogens with zero attached hydrogens (tertiary/aromatic N) is 2. The van der Waals surface area contributed by atoms with E-state index in [9.17, 15) is 4.79 Å². The highest BCUT2D eigenvalue weighted by Crippen LogP contribution is 2.37. The molecule has 2 atom stereocenters. The van der Waals surface area contributed by atoms with E-state index in [1.807, 2.05) is 20.8 Å². The first kappa shape index (κ1) is 17.5. The first-order valence-corrected chi connectivity index (χ1v) is 10.0. The van der Waals surface area contributed by atoms with Crippen LogP contribution in [0.1, 0.15) is 44.6 Å². The molecular formula is C17H23N3O2S2. The minimum Gasteiger partial charge on any atom is -0.410 e. The van der Waals surface area contributed by atoms with Gasteiger partial charge in [-0.05, 0) is 57.6 Å². The van der Waals surface area contributed by atoms with Crippen molar-refractivity contribution in [2.75, 3.05) is 0 Å². The molecule has 2 aromatic rings. The molecule has 0 saturated heterocycles. The second-order valence-electron chi connectivity index (χ2n) is 6.70. The van der Waals surface area contributed by atoms with Gasteiger partial charge in [0.1, 0.15) is 0 Å². The molecule has 0 unspecified atom stereocenters. The van der Waals surface area contributed by atoms with E-state index in [1.165, 1.54) is 28.6 Å². The molecule has 1 amide bonds. The number of aromatic nitrogens is 2. The molecule has 0 fully saturated rings. The Kier molecular flexibility index (Phi) is 5.30. The van der Waals surface area contributed by atoms with Crippen LogP contribution in [0.25, 0.3) is 10.8 Å². The minimum atomic E-state index is -0.266. The summed E-state index contributed by atoms with van der Waals surface area (Å²) in [6, 6.07) is 2.31. The van der Waals surface area contributed by atoms with E-state index < -0.39 is 0 Å². The van der Waals surface area contributed by atoms with E-state index in [0.29, 0.717) is 11.1 Å². The van der Waals surface area contributed by atoms with Crippen molar-refractivity contribution in [1.82, 2.24) is 15.5 Å². The number of carbonyl (C=O) groups excluding carboxylic acids is 1. The van der Waals surface area contributed by atoms with Crippen molar-refractivity contribution in [3.8, 4) is 10.8 Å². The topological polar surface area (TPSA) is 68.0 Å². The third-order valence-corrected chi connectivity index (χ3v) is 6.18. The average Bonchev–Trinajstić information content (AvgIpc) is 3.12. The van der Waals surface area contributed by atoms with Crippen LogP contribution in [0.3, 0.4) is 0 Å². The summed E-state index contributed by atoms with van der Waals surface area (Å²) < 4.78 is 5.77. The average molecular weight is 366 g/mol. The number of thiophene rings is 1. The summed E-state index contributed by atoms with van der Waals surface area (Å²) >= 11 is 3.05. The summed E-state index contributed by atoms with van der Waals surface area (Å²) in [4.78, 5) is 14.5. The molecule has 3 rings (SSSR count). The van der Waals surface area contributed by atoms with Gasteiger partial charge in [0.2, 0.25) is 5.91 Å². The highest BCUT2D eigenvalue weighted by atomic mass is 32.2. The van der Waals surface area contributed by atoms with Crippen molar-refractivity contribution >= 4 is 29.0 Å². The lowest BCUT2D eigenvalue weighted by Gasteiger charge is -2.16. The normalized spacial score (nSPS) is 18.5.